The summed E-state index contributed by atoms with van der Waals surface area (Å²) in [4.78, 5) is 0. The summed E-state index contributed by atoms with van der Waals surface area (Å²) >= 11 is 0. The molecule has 0 spiro atoms. The first-order valence-corrected chi connectivity index (χ1v) is 15.2. The van der Waals surface area contributed by atoms with E-state index in [1.54, 1.807) is 0 Å². The van der Waals surface area contributed by atoms with Gasteiger partial charge in [-0.3, -0.25) is 0 Å². The van der Waals surface area contributed by atoms with Crippen LogP contribution in [0.2, 0.25) is 0 Å². The molecule has 0 amide bonds. The van der Waals surface area contributed by atoms with Crippen molar-refractivity contribution in [3.63, 3.8) is 0 Å². The Balaban J connectivity index is 1.35. The molecule has 1 aliphatic rings. The Morgan fingerprint density at radius 2 is 0.721 bits per heavy atom. The van der Waals surface area contributed by atoms with Crippen molar-refractivity contribution in [2.24, 2.45) is 0 Å². The van der Waals surface area contributed by atoms with E-state index in [0.717, 1.165) is 0 Å². The SMILES string of the molecule is CC1(C)c2cc(-c3ccc4ccccc4c3)c3ccccc3c2-c2c1cc(-c1ccc3ccccc3c1)c1ccccc21. The van der Waals surface area contributed by atoms with E-state index < -0.39 is 0 Å². The highest BCUT2D eigenvalue weighted by Gasteiger charge is 2.39. The minimum atomic E-state index is -0.157. The average Bonchev–Trinajstić information content (AvgIpc) is 3.29. The van der Waals surface area contributed by atoms with Gasteiger partial charge in [0.2, 0.25) is 0 Å². The van der Waals surface area contributed by atoms with Gasteiger partial charge in [-0.05, 0) is 112 Å². The molecule has 0 aliphatic heterocycles. The van der Waals surface area contributed by atoms with Crippen LogP contribution in [0.25, 0.3) is 76.5 Å². The molecule has 0 radical (unpaired) electrons. The second kappa shape index (κ2) is 8.90. The fourth-order valence-corrected chi connectivity index (χ4v) is 7.61. The molecule has 0 saturated heterocycles. The van der Waals surface area contributed by atoms with Crippen LogP contribution in [0.5, 0.6) is 0 Å². The van der Waals surface area contributed by atoms with Gasteiger partial charge in [0, 0.05) is 5.41 Å². The Morgan fingerprint density at radius 1 is 0.349 bits per heavy atom. The Morgan fingerprint density at radius 3 is 1.16 bits per heavy atom. The van der Waals surface area contributed by atoms with Crippen LogP contribution in [0.15, 0.2) is 146 Å². The minimum absolute atomic E-state index is 0.157. The van der Waals surface area contributed by atoms with Gasteiger partial charge in [0.1, 0.15) is 0 Å². The summed E-state index contributed by atoms with van der Waals surface area (Å²) in [6.07, 6.45) is 0. The number of hydrogen-bond acceptors (Lipinski definition) is 0. The van der Waals surface area contributed by atoms with Crippen LogP contribution in [0.4, 0.5) is 0 Å². The zero-order chi connectivity index (χ0) is 28.7. The van der Waals surface area contributed by atoms with Gasteiger partial charge in [0.25, 0.3) is 0 Å². The lowest BCUT2D eigenvalue weighted by atomic mass is 9.79. The molecular formula is C43H30. The third-order valence-corrected chi connectivity index (χ3v) is 9.81. The molecule has 1 aliphatic carbocycles. The summed E-state index contributed by atoms with van der Waals surface area (Å²) in [6.45, 7) is 4.82. The number of benzene rings is 8. The van der Waals surface area contributed by atoms with E-state index >= 15 is 0 Å². The molecule has 9 rings (SSSR count). The molecule has 0 nitrogen and oxygen atoms in total. The number of fused-ring (bicyclic) bond motifs is 9. The normalized spacial score (nSPS) is 13.5. The fraction of sp³-hybridized carbons (Fsp3) is 0.0698. The third kappa shape index (κ3) is 3.50. The molecule has 0 fully saturated rings. The topological polar surface area (TPSA) is 0 Å². The predicted molar refractivity (Wildman–Crippen MR) is 185 cm³/mol. The van der Waals surface area contributed by atoms with Crippen molar-refractivity contribution in [2.45, 2.75) is 19.3 Å². The van der Waals surface area contributed by atoms with Gasteiger partial charge in [-0.1, -0.05) is 135 Å². The lowest BCUT2D eigenvalue weighted by Crippen LogP contribution is -2.15. The van der Waals surface area contributed by atoms with Crippen molar-refractivity contribution in [3.05, 3.63) is 157 Å². The van der Waals surface area contributed by atoms with Crippen LogP contribution in [0.3, 0.4) is 0 Å². The van der Waals surface area contributed by atoms with E-state index in [9.17, 15) is 0 Å². The summed E-state index contributed by atoms with van der Waals surface area (Å²) < 4.78 is 0. The van der Waals surface area contributed by atoms with E-state index in [0.29, 0.717) is 0 Å². The van der Waals surface area contributed by atoms with Gasteiger partial charge in [-0.2, -0.15) is 0 Å². The van der Waals surface area contributed by atoms with Crippen LogP contribution in [-0.4, -0.2) is 0 Å². The first-order valence-electron chi connectivity index (χ1n) is 15.2. The molecule has 0 bridgehead atoms. The summed E-state index contributed by atoms with van der Waals surface area (Å²) in [5.41, 5.74) is 10.6. The van der Waals surface area contributed by atoms with E-state index in [4.69, 9.17) is 0 Å². The predicted octanol–water partition coefficient (Wildman–Crippen LogP) is 11.9. The Kier molecular flexibility index (Phi) is 5.05. The standard InChI is InChI=1S/C43H30/c1-43(2)39-25-37(31-21-19-27-11-3-5-13-29(27)23-31)33-15-7-9-17-35(33)41(39)42-36-18-10-8-16-34(36)38(26-40(42)43)32-22-20-28-12-4-6-14-30(28)24-32/h3-26H,1-2H3. The van der Waals surface area contributed by atoms with Crippen LogP contribution in [0, 0.1) is 0 Å². The summed E-state index contributed by atoms with van der Waals surface area (Å²) in [5, 5.41) is 10.4. The largest absolute Gasteiger partial charge is 0.0616 e. The van der Waals surface area contributed by atoms with Crippen molar-refractivity contribution >= 4 is 43.1 Å². The molecule has 202 valence electrons. The number of rotatable bonds is 2. The molecule has 0 heteroatoms. The maximum Gasteiger partial charge on any atom is 0.0159 e. The van der Waals surface area contributed by atoms with Crippen molar-refractivity contribution in [1.29, 1.82) is 0 Å². The summed E-state index contributed by atoms with van der Waals surface area (Å²) in [7, 11) is 0. The maximum absolute atomic E-state index is 2.49. The van der Waals surface area contributed by atoms with Crippen LogP contribution >= 0.6 is 0 Å². The lowest BCUT2D eigenvalue weighted by Gasteiger charge is -2.24. The molecule has 0 saturated carbocycles. The second-order valence-corrected chi connectivity index (χ2v) is 12.5. The highest BCUT2D eigenvalue weighted by Crippen LogP contribution is 2.56. The van der Waals surface area contributed by atoms with Crippen molar-refractivity contribution < 1.29 is 0 Å². The fourth-order valence-electron chi connectivity index (χ4n) is 7.61. The molecule has 0 N–H and O–H groups in total. The second-order valence-electron chi connectivity index (χ2n) is 12.5. The quantitative estimate of drug-likeness (QED) is 0.202. The molecular weight excluding hydrogens is 516 g/mol. The van der Waals surface area contributed by atoms with Crippen LogP contribution in [-0.2, 0) is 5.41 Å². The van der Waals surface area contributed by atoms with E-state index in [2.05, 4.69) is 159 Å². The molecule has 0 aromatic heterocycles. The van der Waals surface area contributed by atoms with Crippen molar-refractivity contribution in [3.8, 4) is 33.4 Å². The molecule has 0 unspecified atom stereocenters. The first-order chi connectivity index (χ1) is 21.1. The van der Waals surface area contributed by atoms with Gasteiger partial charge >= 0.3 is 0 Å². The maximum atomic E-state index is 2.49. The molecule has 0 atom stereocenters. The van der Waals surface area contributed by atoms with Crippen LogP contribution in [0.1, 0.15) is 25.0 Å². The van der Waals surface area contributed by atoms with E-state index in [1.807, 2.05) is 0 Å². The summed E-state index contributed by atoms with van der Waals surface area (Å²) in [6, 6.07) is 54.1. The monoisotopic (exact) mass is 546 g/mol. The summed E-state index contributed by atoms with van der Waals surface area (Å²) in [5.74, 6) is 0. The highest BCUT2D eigenvalue weighted by molar-refractivity contribution is 6.17. The smallest absolute Gasteiger partial charge is 0.0159 e. The van der Waals surface area contributed by atoms with Crippen molar-refractivity contribution in [1.82, 2.24) is 0 Å². The van der Waals surface area contributed by atoms with Gasteiger partial charge in [-0.25, -0.2) is 0 Å². The zero-order valence-electron chi connectivity index (χ0n) is 24.4. The molecule has 0 heterocycles. The Labute approximate surface area is 251 Å². The average molecular weight is 547 g/mol. The van der Waals surface area contributed by atoms with Gasteiger partial charge in [0.05, 0.1) is 0 Å². The minimum Gasteiger partial charge on any atom is -0.0616 e. The highest BCUT2D eigenvalue weighted by atomic mass is 14.4. The zero-order valence-corrected chi connectivity index (χ0v) is 24.4. The molecule has 8 aromatic carbocycles. The van der Waals surface area contributed by atoms with Crippen LogP contribution < -0.4 is 0 Å². The van der Waals surface area contributed by atoms with Crippen molar-refractivity contribution in [2.75, 3.05) is 0 Å². The van der Waals surface area contributed by atoms with Gasteiger partial charge in [-0.15, -0.1) is 0 Å². The Bertz CT molecular complexity index is 2250. The molecule has 43 heavy (non-hydrogen) atoms. The molecule has 8 aromatic rings. The van der Waals surface area contributed by atoms with Gasteiger partial charge < -0.3 is 0 Å². The number of hydrogen-bond donors (Lipinski definition) is 0. The van der Waals surface area contributed by atoms with E-state index in [-0.39, 0.29) is 5.41 Å². The third-order valence-electron chi connectivity index (χ3n) is 9.81. The Hall–Kier alpha value is -5.20. The van der Waals surface area contributed by atoms with E-state index in [1.165, 1.54) is 87.6 Å². The van der Waals surface area contributed by atoms with Gasteiger partial charge in [0.15, 0.2) is 0 Å². The first kappa shape index (κ1) is 24.4. The lowest BCUT2D eigenvalue weighted by molar-refractivity contribution is 0.661.